The number of aromatic nitrogens is 1. The summed E-state index contributed by atoms with van der Waals surface area (Å²) in [6.45, 7) is 0. The van der Waals surface area contributed by atoms with Crippen molar-refractivity contribution in [3.63, 3.8) is 0 Å². The van der Waals surface area contributed by atoms with Gasteiger partial charge in [-0.15, -0.1) is 0 Å². The molecule has 2 rings (SSSR count). The SMILES string of the molecule is NC(=O)c1cccc(C(=O)Nc2cc(C(F)(F)F)cc(C(F)(F)F)c2)n1. The number of rotatable bonds is 3. The molecule has 1 heterocycles. The van der Waals surface area contributed by atoms with E-state index in [9.17, 15) is 35.9 Å². The number of hydrogen-bond acceptors (Lipinski definition) is 3. The van der Waals surface area contributed by atoms with Gasteiger partial charge in [0.25, 0.3) is 11.8 Å². The van der Waals surface area contributed by atoms with Gasteiger partial charge in [-0.1, -0.05) is 6.07 Å². The third-order valence-electron chi connectivity index (χ3n) is 3.08. The van der Waals surface area contributed by atoms with Crippen LogP contribution in [0.15, 0.2) is 36.4 Å². The summed E-state index contributed by atoms with van der Waals surface area (Å²) in [6.07, 6.45) is -10.1. The van der Waals surface area contributed by atoms with Crippen LogP contribution < -0.4 is 11.1 Å². The summed E-state index contributed by atoms with van der Waals surface area (Å²) < 4.78 is 76.8. The average molecular weight is 377 g/mol. The lowest BCUT2D eigenvalue weighted by molar-refractivity contribution is -0.143. The van der Waals surface area contributed by atoms with Gasteiger partial charge in [0, 0.05) is 5.69 Å². The second kappa shape index (κ2) is 6.65. The van der Waals surface area contributed by atoms with Crippen LogP contribution in [0, 0.1) is 0 Å². The molecule has 11 heteroatoms. The molecule has 0 spiro atoms. The normalized spacial score (nSPS) is 11.9. The Morgan fingerprint density at radius 1 is 0.885 bits per heavy atom. The summed E-state index contributed by atoms with van der Waals surface area (Å²) in [6, 6.07) is 4.16. The van der Waals surface area contributed by atoms with E-state index >= 15 is 0 Å². The van der Waals surface area contributed by atoms with Crippen LogP contribution in [0.25, 0.3) is 0 Å². The molecular weight excluding hydrogens is 368 g/mol. The Bertz CT molecular complexity index is 829. The molecule has 0 bridgehead atoms. The Morgan fingerprint density at radius 3 is 1.85 bits per heavy atom. The fourth-order valence-corrected chi connectivity index (χ4v) is 1.92. The first kappa shape index (κ1) is 19.2. The number of nitrogens with one attached hydrogen (secondary N) is 1. The summed E-state index contributed by atoms with van der Waals surface area (Å²) in [5, 5.41) is 1.90. The minimum Gasteiger partial charge on any atom is -0.364 e. The second-order valence-electron chi connectivity index (χ2n) is 5.02. The molecule has 0 atom stereocenters. The predicted octanol–water partition coefficient (Wildman–Crippen LogP) is 3.47. The van der Waals surface area contributed by atoms with E-state index in [-0.39, 0.29) is 11.8 Å². The number of carbonyl (C=O) groups is 2. The lowest BCUT2D eigenvalue weighted by Gasteiger charge is -2.14. The maximum Gasteiger partial charge on any atom is 0.416 e. The third-order valence-corrected chi connectivity index (χ3v) is 3.08. The number of nitrogens with two attached hydrogens (primary N) is 1. The second-order valence-corrected chi connectivity index (χ2v) is 5.02. The van der Waals surface area contributed by atoms with E-state index in [2.05, 4.69) is 4.98 Å². The van der Waals surface area contributed by atoms with E-state index in [1.54, 1.807) is 0 Å². The van der Waals surface area contributed by atoms with Gasteiger partial charge in [0.1, 0.15) is 11.4 Å². The van der Waals surface area contributed by atoms with Crippen molar-refractivity contribution in [2.45, 2.75) is 12.4 Å². The molecule has 0 aliphatic carbocycles. The molecule has 0 radical (unpaired) electrons. The van der Waals surface area contributed by atoms with Crippen LogP contribution in [0.1, 0.15) is 32.1 Å². The van der Waals surface area contributed by atoms with Crippen LogP contribution in [0.3, 0.4) is 0 Å². The highest BCUT2D eigenvalue weighted by atomic mass is 19.4. The minimum atomic E-state index is -5.05. The van der Waals surface area contributed by atoms with Crippen molar-refractivity contribution in [1.82, 2.24) is 4.98 Å². The maximum absolute atomic E-state index is 12.8. The minimum absolute atomic E-state index is 0.0678. The number of pyridine rings is 1. The highest BCUT2D eigenvalue weighted by Gasteiger charge is 2.37. The molecule has 2 aromatic rings. The first-order valence-electron chi connectivity index (χ1n) is 6.75. The van der Waals surface area contributed by atoms with Crippen LogP contribution in [-0.4, -0.2) is 16.8 Å². The van der Waals surface area contributed by atoms with Gasteiger partial charge in [-0.2, -0.15) is 26.3 Å². The Hall–Kier alpha value is -3.11. The first-order valence-corrected chi connectivity index (χ1v) is 6.75. The molecule has 0 fully saturated rings. The van der Waals surface area contributed by atoms with E-state index in [1.165, 1.54) is 12.1 Å². The van der Waals surface area contributed by atoms with E-state index < -0.39 is 46.7 Å². The topological polar surface area (TPSA) is 85.1 Å². The Kier molecular flexibility index (Phi) is 4.92. The predicted molar refractivity (Wildman–Crippen MR) is 77.2 cm³/mol. The van der Waals surface area contributed by atoms with Crippen molar-refractivity contribution in [2.75, 3.05) is 5.32 Å². The highest BCUT2D eigenvalue weighted by Crippen LogP contribution is 2.37. The lowest BCUT2D eigenvalue weighted by atomic mass is 10.1. The van der Waals surface area contributed by atoms with Crippen molar-refractivity contribution in [3.8, 4) is 0 Å². The van der Waals surface area contributed by atoms with Crippen molar-refractivity contribution in [2.24, 2.45) is 5.73 Å². The Labute approximate surface area is 141 Å². The molecule has 0 unspecified atom stereocenters. The van der Waals surface area contributed by atoms with Crippen LogP contribution in [0.5, 0.6) is 0 Å². The molecule has 1 aromatic heterocycles. The third kappa shape index (κ3) is 4.49. The van der Waals surface area contributed by atoms with Crippen LogP contribution in [-0.2, 0) is 12.4 Å². The molecule has 3 N–H and O–H groups in total. The van der Waals surface area contributed by atoms with E-state index in [0.717, 1.165) is 6.07 Å². The first-order chi connectivity index (χ1) is 11.9. The van der Waals surface area contributed by atoms with Gasteiger partial charge in [-0.3, -0.25) is 9.59 Å². The molecule has 0 saturated heterocycles. The summed E-state index contributed by atoms with van der Waals surface area (Å²) in [7, 11) is 0. The van der Waals surface area contributed by atoms with E-state index in [4.69, 9.17) is 5.73 Å². The van der Waals surface area contributed by atoms with E-state index in [1.807, 2.05) is 5.32 Å². The number of carbonyl (C=O) groups excluding carboxylic acids is 2. The molecule has 1 aromatic carbocycles. The van der Waals surface area contributed by atoms with Crippen molar-refractivity contribution >= 4 is 17.5 Å². The fraction of sp³-hybridized carbons (Fsp3) is 0.133. The van der Waals surface area contributed by atoms with Gasteiger partial charge in [0.15, 0.2) is 0 Å². The Balaban J connectivity index is 2.41. The van der Waals surface area contributed by atoms with Crippen molar-refractivity contribution < 1.29 is 35.9 Å². The zero-order valence-corrected chi connectivity index (χ0v) is 12.6. The zero-order valence-electron chi connectivity index (χ0n) is 12.6. The molecule has 26 heavy (non-hydrogen) atoms. The van der Waals surface area contributed by atoms with Gasteiger partial charge >= 0.3 is 12.4 Å². The number of primary amides is 1. The highest BCUT2D eigenvalue weighted by molar-refractivity contribution is 6.03. The molecular formula is C15H9F6N3O2. The van der Waals surface area contributed by atoms with Gasteiger partial charge in [0.2, 0.25) is 0 Å². The number of alkyl halides is 6. The Morgan fingerprint density at radius 2 is 1.38 bits per heavy atom. The lowest BCUT2D eigenvalue weighted by Crippen LogP contribution is -2.19. The average Bonchev–Trinajstić information content (AvgIpc) is 2.53. The molecule has 2 amide bonds. The molecule has 0 saturated carbocycles. The number of benzene rings is 1. The number of nitrogens with zero attached hydrogens (tertiary/aromatic N) is 1. The monoisotopic (exact) mass is 377 g/mol. The van der Waals surface area contributed by atoms with Gasteiger partial charge in [-0.05, 0) is 30.3 Å². The van der Waals surface area contributed by atoms with Crippen LogP contribution in [0.4, 0.5) is 32.0 Å². The van der Waals surface area contributed by atoms with Crippen LogP contribution >= 0.6 is 0 Å². The summed E-state index contributed by atoms with van der Waals surface area (Å²) in [5.74, 6) is -2.07. The van der Waals surface area contributed by atoms with Crippen LogP contribution in [0.2, 0.25) is 0 Å². The van der Waals surface area contributed by atoms with Gasteiger partial charge < -0.3 is 11.1 Å². The maximum atomic E-state index is 12.8. The fourth-order valence-electron chi connectivity index (χ4n) is 1.92. The summed E-state index contributed by atoms with van der Waals surface area (Å²) >= 11 is 0. The molecule has 0 aliphatic heterocycles. The number of hydrogen-bond donors (Lipinski definition) is 2. The largest absolute Gasteiger partial charge is 0.416 e. The molecule has 0 aliphatic rings. The van der Waals surface area contributed by atoms with Crippen molar-refractivity contribution in [1.29, 1.82) is 0 Å². The smallest absolute Gasteiger partial charge is 0.364 e. The van der Waals surface area contributed by atoms with E-state index in [0.29, 0.717) is 12.1 Å². The van der Waals surface area contributed by atoms with Gasteiger partial charge in [0.05, 0.1) is 11.1 Å². The van der Waals surface area contributed by atoms with Crippen molar-refractivity contribution in [3.05, 3.63) is 58.9 Å². The standard InChI is InChI=1S/C15H9F6N3O2/c16-14(17,18)7-4-8(15(19,20)21)6-9(5-7)23-13(26)11-3-1-2-10(24-11)12(22)25/h1-6H,(H2,22,25)(H,23,26). The number of halogens is 6. The quantitative estimate of drug-likeness (QED) is 0.804. The molecule has 5 nitrogen and oxygen atoms in total. The molecule has 138 valence electrons. The number of anilines is 1. The summed E-state index contributed by atoms with van der Waals surface area (Å²) in [4.78, 5) is 26.6. The van der Waals surface area contributed by atoms with Gasteiger partial charge in [-0.25, -0.2) is 4.98 Å². The number of amides is 2. The zero-order chi connectivity index (χ0) is 19.7. The summed E-state index contributed by atoms with van der Waals surface area (Å²) in [5.41, 5.74) is 0.387.